The molecular weight excluding hydrogens is 322 g/mol. The molecule has 7 heteroatoms. The first-order valence-electron chi connectivity index (χ1n) is 8.54. The van der Waals surface area contributed by atoms with Crippen molar-refractivity contribution >= 4 is 11.9 Å². The normalized spacial score (nSPS) is 21.4. The highest BCUT2D eigenvalue weighted by molar-refractivity contribution is 5.87. The number of aromatic nitrogens is 2. The number of rotatable bonds is 4. The number of carbonyl (C=O) groups is 2. The Morgan fingerprint density at radius 1 is 1.24 bits per heavy atom. The highest BCUT2D eigenvalue weighted by Gasteiger charge is 2.53. The van der Waals surface area contributed by atoms with Crippen molar-refractivity contribution in [2.75, 3.05) is 0 Å². The number of hydrogen-bond donors (Lipinski definition) is 1. The number of hydrogen-bond acceptors (Lipinski definition) is 6. The maximum absolute atomic E-state index is 12.6. The summed E-state index contributed by atoms with van der Waals surface area (Å²) in [6, 6.07) is 9.44. The lowest BCUT2D eigenvalue weighted by Crippen LogP contribution is -2.42. The zero-order chi connectivity index (χ0) is 17.3. The van der Waals surface area contributed by atoms with Crippen molar-refractivity contribution in [3.05, 3.63) is 36.2 Å². The summed E-state index contributed by atoms with van der Waals surface area (Å²) in [7, 11) is 0. The van der Waals surface area contributed by atoms with Gasteiger partial charge in [-0.2, -0.15) is 4.98 Å². The van der Waals surface area contributed by atoms with Crippen LogP contribution < -0.4 is 5.32 Å². The van der Waals surface area contributed by atoms with E-state index in [1.807, 2.05) is 30.3 Å². The van der Waals surface area contributed by atoms with Gasteiger partial charge in [-0.05, 0) is 37.8 Å². The molecule has 1 aromatic carbocycles. The molecule has 130 valence electrons. The van der Waals surface area contributed by atoms with Crippen LogP contribution in [0.15, 0.2) is 34.9 Å². The third kappa shape index (κ3) is 3.01. The molecule has 1 amide bonds. The lowest BCUT2D eigenvalue weighted by Gasteiger charge is -2.27. The SMILES string of the molecule is O=C1C[C@H](C(=O)NCc2noc(-c3ccccc3)n2)C2(CCCC2)O1. The van der Waals surface area contributed by atoms with Crippen molar-refractivity contribution in [3.8, 4) is 11.5 Å². The van der Waals surface area contributed by atoms with Crippen LogP contribution in [0.25, 0.3) is 11.5 Å². The van der Waals surface area contributed by atoms with E-state index in [1.54, 1.807) is 0 Å². The molecule has 1 saturated heterocycles. The Kier molecular flexibility index (Phi) is 3.99. The van der Waals surface area contributed by atoms with Crippen LogP contribution in [0.2, 0.25) is 0 Å². The lowest BCUT2D eigenvalue weighted by molar-refractivity contribution is -0.150. The number of amides is 1. The van der Waals surface area contributed by atoms with Crippen molar-refractivity contribution in [1.29, 1.82) is 0 Å². The van der Waals surface area contributed by atoms with E-state index >= 15 is 0 Å². The van der Waals surface area contributed by atoms with E-state index in [1.165, 1.54) is 0 Å². The van der Waals surface area contributed by atoms with E-state index in [2.05, 4.69) is 15.5 Å². The number of nitrogens with one attached hydrogen (secondary N) is 1. The molecule has 1 N–H and O–H groups in total. The minimum atomic E-state index is -0.604. The Hall–Kier alpha value is -2.70. The summed E-state index contributed by atoms with van der Waals surface area (Å²) >= 11 is 0. The Balaban J connectivity index is 1.41. The summed E-state index contributed by atoms with van der Waals surface area (Å²) in [6.07, 6.45) is 3.65. The fourth-order valence-electron chi connectivity index (χ4n) is 3.76. The molecule has 0 unspecified atom stereocenters. The first-order valence-corrected chi connectivity index (χ1v) is 8.54. The first-order chi connectivity index (χ1) is 12.2. The molecule has 2 aromatic rings. The highest BCUT2D eigenvalue weighted by Crippen LogP contribution is 2.45. The van der Waals surface area contributed by atoms with Gasteiger partial charge in [-0.3, -0.25) is 9.59 Å². The van der Waals surface area contributed by atoms with Gasteiger partial charge in [-0.1, -0.05) is 23.4 Å². The average molecular weight is 341 g/mol. The van der Waals surface area contributed by atoms with E-state index in [0.29, 0.717) is 11.7 Å². The number of ether oxygens (including phenoxy) is 1. The molecule has 2 aliphatic rings. The van der Waals surface area contributed by atoms with Crippen LogP contribution in [0.5, 0.6) is 0 Å². The quantitative estimate of drug-likeness (QED) is 0.857. The molecule has 1 aromatic heterocycles. The van der Waals surface area contributed by atoms with Crippen LogP contribution in [-0.4, -0.2) is 27.6 Å². The van der Waals surface area contributed by atoms with Crippen LogP contribution in [0.4, 0.5) is 0 Å². The van der Waals surface area contributed by atoms with Gasteiger partial charge in [0.2, 0.25) is 5.91 Å². The fourth-order valence-corrected chi connectivity index (χ4v) is 3.76. The minimum Gasteiger partial charge on any atom is -0.458 e. The average Bonchev–Trinajstić information content (AvgIpc) is 3.35. The second-order valence-corrected chi connectivity index (χ2v) is 6.60. The zero-order valence-corrected chi connectivity index (χ0v) is 13.7. The monoisotopic (exact) mass is 341 g/mol. The van der Waals surface area contributed by atoms with Gasteiger partial charge < -0.3 is 14.6 Å². The number of benzene rings is 1. The van der Waals surface area contributed by atoms with Crippen molar-refractivity contribution in [2.45, 2.75) is 44.2 Å². The van der Waals surface area contributed by atoms with Crippen LogP contribution in [0.1, 0.15) is 37.9 Å². The van der Waals surface area contributed by atoms with Crippen LogP contribution in [-0.2, 0) is 20.9 Å². The van der Waals surface area contributed by atoms with Crippen LogP contribution >= 0.6 is 0 Å². The second-order valence-electron chi connectivity index (χ2n) is 6.60. The van der Waals surface area contributed by atoms with E-state index < -0.39 is 11.5 Å². The molecule has 1 aliphatic carbocycles. The number of carbonyl (C=O) groups excluding carboxylic acids is 2. The van der Waals surface area contributed by atoms with Gasteiger partial charge in [0.15, 0.2) is 5.82 Å². The second kappa shape index (κ2) is 6.31. The van der Waals surface area contributed by atoms with E-state index in [4.69, 9.17) is 9.26 Å². The van der Waals surface area contributed by atoms with Gasteiger partial charge in [0, 0.05) is 5.56 Å². The molecule has 2 heterocycles. The molecule has 1 saturated carbocycles. The van der Waals surface area contributed by atoms with Gasteiger partial charge in [-0.15, -0.1) is 0 Å². The third-order valence-corrected chi connectivity index (χ3v) is 5.00. The topological polar surface area (TPSA) is 94.3 Å². The molecule has 1 atom stereocenters. The molecule has 1 spiro atoms. The van der Waals surface area contributed by atoms with Crippen molar-refractivity contribution in [3.63, 3.8) is 0 Å². The standard InChI is InChI=1S/C18H19N3O4/c22-15-10-13(18(24-15)8-4-5-9-18)16(23)19-11-14-20-17(25-21-14)12-6-2-1-3-7-12/h1-3,6-7,13H,4-5,8-11H2,(H,19,23)/t13-/m1/s1. The Labute approximate surface area is 144 Å². The van der Waals surface area contributed by atoms with Crippen molar-refractivity contribution < 1.29 is 18.8 Å². The molecule has 7 nitrogen and oxygen atoms in total. The largest absolute Gasteiger partial charge is 0.458 e. The van der Waals surface area contributed by atoms with Crippen LogP contribution in [0.3, 0.4) is 0 Å². The summed E-state index contributed by atoms with van der Waals surface area (Å²) < 4.78 is 10.7. The van der Waals surface area contributed by atoms with Gasteiger partial charge >= 0.3 is 5.97 Å². The molecule has 4 rings (SSSR count). The summed E-state index contributed by atoms with van der Waals surface area (Å²) in [5.41, 5.74) is 0.223. The molecule has 25 heavy (non-hydrogen) atoms. The number of esters is 1. The molecular formula is C18H19N3O4. The van der Waals surface area contributed by atoms with Gasteiger partial charge in [0.05, 0.1) is 18.9 Å². The van der Waals surface area contributed by atoms with Crippen LogP contribution in [0, 0.1) is 5.92 Å². The van der Waals surface area contributed by atoms with Gasteiger partial charge in [0.1, 0.15) is 5.60 Å². The maximum Gasteiger partial charge on any atom is 0.307 e. The van der Waals surface area contributed by atoms with Crippen molar-refractivity contribution in [2.24, 2.45) is 5.92 Å². The predicted molar refractivity (Wildman–Crippen MR) is 87.0 cm³/mol. The van der Waals surface area contributed by atoms with E-state index in [-0.39, 0.29) is 24.8 Å². The smallest absolute Gasteiger partial charge is 0.307 e. The third-order valence-electron chi connectivity index (χ3n) is 5.00. The first kappa shape index (κ1) is 15.8. The lowest BCUT2D eigenvalue weighted by atomic mass is 9.85. The zero-order valence-electron chi connectivity index (χ0n) is 13.7. The highest BCUT2D eigenvalue weighted by atomic mass is 16.6. The number of nitrogens with zero attached hydrogens (tertiary/aromatic N) is 2. The fraction of sp³-hybridized carbons (Fsp3) is 0.444. The Bertz CT molecular complexity index is 781. The Morgan fingerprint density at radius 2 is 2.00 bits per heavy atom. The van der Waals surface area contributed by atoms with Crippen molar-refractivity contribution in [1.82, 2.24) is 15.5 Å². The molecule has 2 fully saturated rings. The summed E-state index contributed by atoms with van der Waals surface area (Å²) in [5.74, 6) is -0.0795. The van der Waals surface area contributed by atoms with E-state index in [9.17, 15) is 9.59 Å². The summed E-state index contributed by atoms with van der Waals surface area (Å²) in [6.45, 7) is 0.163. The molecule has 0 bridgehead atoms. The maximum atomic E-state index is 12.6. The van der Waals surface area contributed by atoms with Gasteiger partial charge in [0.25, 0.3) is 5.89 Å². The Morgan fingerprint density at radius 3 is 2.76 bits per heavy atom. The predicted octanol–water partition coefficient (Wildman–Crippen LogP) is 2.23. The van der Waals surface area contributed by atoms with Gasteiger partial charge in [-0.25, -0.2) is 0 Å². The molecule has 1 aliphatic heterocycles. The minimum absolute atomic E-state index is 0.146. The molecule has 0 radical (unpaired) electrons. The summed E-state index contributed by atoms with van der Waals surface area (Å²) in [4.78, 5) is 28.6. The summed E-state index contributed by atoms with van der Waals surface area (Å²) in [5, 5.41) is 6.72. The van der Waals surface area contributed by atoms with E-state index in [0.717, 1.165) is 31.2 Å².